The van der Waals surface area contributed by atoms with Gasteiger partial charge in [0.05, 0.1) is 11.9 Å². The molecule has 1 aliphatic rings. The lowest BCUT2D eigenvalue weighted by molar-refractivity contribution is 0.163. The van der Waals surface area contributed by atoms with E-state index in [-0.39, 0.29) is 5.82 Å². The highest BCUT2D eigenvalue weighted by molar-refractivity contribution is 5.66. The van der Waals surface area contributed by atoms with E-state index in [1.165, 1.54) is 12.1 Å². The van der Waals surface area contributed by atoms with Crippen LogP contribution in [0, 0.1) is 12.7 Å². The van der Waals surface area contributed by atoms with Gasteiger partial charge in [0.25, 0.3) is 5.88 Å². The van der Waals surface area contributed by atoms with Crippen molar-refractivity contribution in [1.82, 2.24) is 15.0 Å². The van der Waals surface area contributed by atoms with Gasteiger partial charge in [0.2, 0.25) is 0 Å². The Kier molecular flexibility index (Phi) is 3.57. The zero-order valence-electron chi connectivity index (χ0n) is 13.0. The van der Waals surface area contributed by atoms with Crippen molar-refractivity contribution in [3.8, 4) is 34.4 Å². The molecule has 2 aromatic heterocycles. The Morgan fingerprint density at radius 2 is 1.75 bits per heavy atom. The number of halogens is 1. The SMILES string of the molecule is Cc1ccc(-c2ncc3c(n2)OCCO3)nc1-c1ccc(F)cc1. The molecule has 0 unspecified atom stereocenters. The van der Waals surface area contributed by atoms with E-state index in [0.29, 0.717) is 36.4 Å². The number of benzene rings is 1. The molecule has 3 heterocycles. The maximum absolute atomic E-state index is 13.1. The van der Waals surface area contributed by atoms with Crippen LogP contribution in [0.4, 0.5) is 4.39 Å². The topological polar surface area (TPSA) is 57.1 Å². The normalized spacial score (nSPS) is 12.9. The van der Waals surface area contributed by atoms with E-state index in [2.05, 4.69) is 15.0 Å². The number of rotatable bonds is 2. The van der Waals surface area contributed by atoms with Crippen LogP contribution in [0.15, 0.2) is 42.6 Å². The number of aryl methyl sites for hydroxylation is 1. The van der Waals surface area contributed by atoms with Crippen LogP contribution in [-0.2, 0) is 0 Å². The Hall–Kier alpha value is -3.02. The third kappa shape index (κ3) is 2.67. The first-order valence-corrected chi connectivity index (χ1v) is 7.57. The maximum atomic E-state index is 13.1. The van der Waals surface area contributed by atoms with Gasteiger partial charge in [-0.2, -0.15) is 4.98 Å². The van der Waals surface area contributed by atoms with Crippen LogP contribution in [0.5, 0.6) is 11.6 Å². The molecule has 5 nitrogen and oxygen atoms in total. The van der Waals surface area contributed by atoms with Crippen LogP contribution in [0.3, 0.4) is 0 Å². The largest absolute Gasteiger partial charge is 0.483 e. The van der Waals surface area contributed by atoms with Gasteiger partial charge in [-0.15, -0.1) is 0 Å². The first-order chi connectivity index (χ1) is 11.7. The van der Waals surface area contributed by atoms with Crippen LogP contribution in [0.1, 0.15) is 5.56 Å². The third-order valence-corrected chi connectivity index (χ3v) is 3.75. The summed E-state index contributed by atoms with van der Waals surface area (Å²) in [5, 5.41) is 0. The lowest BCUT2D eigenvalue weighted by atomic mass is 10.1. The van der Waals surface area contributed by atoms with Crippen molar-refractivity contribution in [2.45, 2.75) is 6.92 Å². The molecule has 0 radical (unpaired) electrons. The van der Waals surface area contributed by atoms with Crippen LogP contribution in [-0.4, -0.2) is 28.2 Å². The zero-order chi connectivity index (χ0) is 16.5. The third-order valence-electron chi connectivity index (χ3n) is 3.75. The Labute approximate surface area is 138 Å². The molecule has 120 valence electrons. The molecule has 0 amide bonds. The number of ether oxygens (including phenoxy) is 2. The molecule has 0 atom stereocenters. The van der Waals surface area contributed by atoms with Gasteiger partial charge >= 0.3 is 0 Å². The average Bonchev–Trinajstić information content (AvgIpc) is 2.62. The minimum Gasteiger partial charge on any atom is -0.483 e. The number of pyridine rings is 1. The van der Waals surface area contributed by atoms with Crippen molar-refractivity contribution < 1.29 is 13.9 Å². The summed E-state index contributed by atoms with van der Waals surface area (Å²) in [6.07, 6.45) is 1.59. The minimum atomic E-state index is -0.275. The monoisotopic (exact) mass is 323 g/mol. The molecule has 0 aliphatic carbocycles. The predicted octanol–water partition coefficient (Wildman–Crippen LogP) is 3.42. The van der Waals surface area contributed by atoms with Gasteiger partial charge in [-0.25, -0.2) is 14.4 Å². The van der Waals surface area contributed by atoms with Gasteiger partial charge in [0.15, 0.2) is 11.6 Å². The van der Waals surface area contributed by atoms with E-state index >= 15 is 0 Å². The van der Waals surface area contributed by atoms with Crippen LogP contribution in [0.2, 0.25) is 0 Å². The number of aromatic nitrogens is 3. The highest BCUT2D eigenvalue weighted by Crippen LogP contribution is 2.30. The maximum Gasteiger partial charge on any atom is 0.260 e. The second kappa shape index (κ2) is 5.88. The molecule has 3 aromatic rings. The van der Waals surface area contributed by atoms with Crippen molar-refractivity contribution in [2.24, 2.45) is 0 Å². The Bertz CT molecular complexity index is 897. The second-order valence-electron chi connectivity index (χ2n) is 5.43. The highest BCUT2D eigenvalue weighted by Gasteiger charge is 2.16. The summed E-state index contributed by atoms with van der Waals surface area (Å²) in [6.45, 7) is 2.92. The molecule has 4 rings (SSSR count). The van der Waals surface area contributed by atoms with Gasteiger partial charge in [-0.3, -0.25) is 0 Å². The molecular formula is C18H14FN3O2. The molecular weight excluding hydrogens is 309 g/mol. The second-order valence-corrected chi connectivity index (χ2v) is 5.43. The van der Waals surface area contributed by atoms with Gasteiger partial charge in [0.1, 0.15) is 24.7 Å². The van der Waals surface area contributed by atoms with Crippen LogP contribution >= 0.6 is 0 Å². The predicted molar refractivity (Wildman–Crippen MR) is 86.4 cm³/mol. The van der Waals surface area contributed by atoms with E-state index in [1.54, 1.807) is 18.3 Å². The van der Waals surface area contributed by atoms with E-state index in [1.807, 2.05) is 19.1 Å². The number of hydrogen-bond acceptors (Lipinski definition) is 5. The standard InChI is InChI=1S/C18H14FN3O2/c1-11-2-7-14(21-16(11)12-3-5-13(19)6-4-12)17-20-10-15-18(22-17)24-9-8-23-15/h2-7,10H,8-9H2,1H3. The van der Waals surface area contributed by atoms with Crippen molar-refractivity contribution in [1.29, 1.82) is 0 Å². The van der Waals surface area contributed by atoms with Crippen molar-refractivity contribution in [3.05, 3.63) is 54.0 Å². The summed E-state index contributed by atoms with van der Waals surface area (Å²) >= 11 is 0. The summed E-state index contributed by atoms with van der Waals surface area (Å²) in [5.74, 6) is 1.15. The van der Waals surface area contributed by atoms with E-state index in [4.69, 9.17) is 9.47 Å². The summed E-state index contributed by atoms with van der Waals surface area (Å²) in [4.78, 5) is 13.3. The number of fused-ring (bicyclic) bond motifs is 1. The summed E-state index contributed by atoms with van der Waals surface area (Å²) in [7, 11) is 0. The fraction of sp³-hybridized carbons (Fsp3) is 0.167. The van der Waals surface area contributed by atoms with Gasteiger partial charge in [-0.05, 0) is 42.8 Å². The summed E-state index contributed by atoms with van der Waals surface area (Å²) in [6, 6.07) is 10.1. The molecule has 0 bridgehead atoms. The first kappa shape index (κ1) is 14.6. The number of nitrogens with zero attached hydrogens (tertiary/aromatic N) is 3. The molecule has 0 spiro atoms. The highest BCUT2D eigenvalue weighted by atomic mass is 19.1. The van der Waals surface area contributed by atoms with Gasteiger partial charge in [-0.1, -0.05) is 6.07 Å². The molecule has 0 saturated heterocycles. The lowest BCUT2D eigenvalue weighted by Crippen LogP contribution is -2.17. The fourth-order valence-corrected chi connectivity index (χ4v) is 2.52. The quantitative estimate of drug-likeness (QED) is 0.723. The van der Waals surface area contributed by atoms with Crippen molar-refractivity contribution >= 4 is 0 Å². The molecule has 24 heavy (non-hydrogen) atoms. The number of hydrogen-bond donors (Lipinski definition) is 0. The van der Waals surface area contributed by atoms with Crippen molar-refractivity contribution in [3.63, 3.8) is 0 Å². The lowest BCUT2D eigenvalue weighted by Gasteiger charge is -2.17. The molecule has 1 aliphatic heterocycles. The van der Waals surface area contributed by atoms with Crippen LogP contribution in [0.25, 0.3) is 22.8 Å². The van der Waals surface area contributed by atoms with E-state index in [9.17, 15) is 4.39 Å². The summed E-state index contributed by atoms with van der Waals surface area (Å²) < 4.78 is 24.1. The van der Waals surface area contributed by atoms with Crippen LogP contribution < -0.4 is 9.47 Å². The van der Waals surface area contributed by atoms with Crippen molar-refractivity contribution in [2.75, 3.05) is 13.2 Å². The Morgan fingerprint density at radius 1 is 0.958 bits per heavy atom. The fourth-order valence-electron chi connectivity index (χ4n) is 2.52. The first-order valence-electron chi connectivity index (χ1n) is 7.57. The molecule has 0 saturated carbocycles. The smallest absolute Gasteiger partial charge is 0.260 e. The molecule has 1 aromatic carbocycles. The summed E-state index contributed by atoms with van der Waals surface area (Å²) in [5.41, 5.74) is 3.22. The Morgan fingerprint density at radius 3 is 2.58 bits per heavy atom. The molecule has 6 heteroatoms. The molecule has 0 fully saturated rings. The zero-order valence-corrected chi connectivity index (χ0v) is 13.0. The Balaban J connectivity index is 1.77. The minimum absolute atomic E-state index is 0.275. The van der Waals surface area contributed by atoms with Gasteiger partial charge in [0, 0.05) is 5.56 Å². The van der Waals surface area contributed by atoms with Gasteiger partial charge < -0.3 is 9.47 Å². The average molecular weight is 323 g/mol. The molecule has 0 N–H and O–H groups in total. The van der Waals surface area contributed by atoms with E-state index < -0.39 is 0 Å². The van der Waals surface area contributed by atoms with E-state index in [0.717, 1.165) is 16.8 Å².